The molecule has 2 aromatic carbocycles. The van der Waals surface area contributed by atoms with Crippen LogP contribution in [-0.4, -0.2) is 86.3 Å². The summed E-state index contributed by atoms with van der Waals surface area (Å²) in [4.78, 5) is 30.6. The molecule has 2 fully saturated rings. The van der Waals surface area contributed by atoms with Crippen molar-refractivity contribution in [2.45, 2.75) is 33.2 Å². The Kier molecular flexibility index (Phi) is 10.1. The van der Waals surface area contributed by atoms with Gasteiger partial charge in [-0.15, -0.1) is 0 Å². The molecule has 0 aromatic heterocycles. The Morgan fingerprint density at radius 3 is 2.52 bits per heavy atom. The maximum atomic E-state index is 13.5. The van der Waals surface area contributed by atoms with E-state index < -0.39 is 17.7 Å². The van der Waals surface area contributed by atoms with Gasteiger partial charge in [0.25, 0.3) is 11.7 Å². The highest BCUT2D eigenvalue weighted by Crippen LogP contribution is 2.42. The molecular weight excluding hydrogens is 512 g/mol. The predicted octanol–water partition coefficient (Wildman–Crippen LogP) is 4.27. The van der Waals surface area contributed by atoms with Crippen LogP contribution in [0.1, 0.15) is 44.4 Å². The number of nitrogens with zero attached hydrogens (tertiary/aromatic N) is 2. The van der Waals surface area contributed by atoms with Crippen LogP contribution in [0.2, 0.25) is 0 Å². The second kappa shape index (κ2) is 13.7. The first kappa shape index (κ1) is 29.4. The van der Waals surface area contributed by atoms with Crippen molar-refractivity contribution >= 4 is 17.4 Å². The maximum Gasteiger partial charge on any atom is 0.295 e. The Hall–Kier alpha value is -3.56. The van der Waals surface area contributed by atoms with E-state index in [9.17, 15) is 14.7 Å². The SMILES string of the molecule is CCOc1cccc(C(O)=C2C(=O)C(=O)N(CCN3CCOCC3)C2c2ccc(OCCC(C)C)c(OC)c2)c1. The van der Waals surface area contributed by atoms with Gasteiger partial charge in [0.1, 0.15) is 11.5 Å². The standard InChI is InChI=1S/C31H40N2O7/c1-5-39-24-8-6-7-23(19-24)29(34)27-28(22-9-10-25(26(20-22)37-4)40-16-11-21(2)3)33(31(36)30(27)35)13-12-32-14-17-38-18-15-32/h6-10,19-21,28,34H,5,11-18H2,1-4H3. The molecule has 216 valence electrons. The van der Waals surface area contributed by atoms with E-state index in [1.54, 1.807) is 48.4 Å². The number of ether oxygens (including phenoxy) is 4. The maximum absolute atomic E-state index is 13.5. The fraction of sp³-hybridized carbons (Fsp3) is 0.484. The van der Waals surface area contributed by atoms with Gasteiger partial charge in [-0.2, -0.15) is 0 Å². The van der Waals surface area contributed by atoms with Crippen LogP contribution in [0.15, 0.2) is 48.0 Å². The van der Waals surface area contributed by atoms with Gasteiger partial charge < -0.3 is 29.0 Å². The number of rotatable bonds is 12. The number of carbonyl (C=O) groups is 2. The molecule has 4 rings (SSSR count). The summed E-state index contributed by atoms with van der Waals surface area (Å²) in [6.45, 7) is 10.8. The summed E-state index contributed by atoms with van der Waals surface area (Å²) in [5.74, 6) is 0.543. The van der Waals surface area contributed by atoms with Gasteiger partial charge in [-0.05, 0) is 49.1 Å². The van der Waals surface area contributed by atoms with Crippen molar-refractivity contribution in [3.8, 4) is 17.2 Å². The molecule has 0 spiro atoms. The molecule has 2 aromatic rings. The van der Waals surface area contributed by atoms with Crippen LogP contribution in [0.3, 0.4) is 0 Å². The van der Waals surface area contributed by atoms with Crippen molar-refractivity contribution in [2.75, 3.05) is 59.7 Å². The van der Waals surface area contributed by atoms with Crippen molar-refractivity contribution < 1.29 is 33.6 Å². The number of aliphatic hydroxyl groups excluding tert-OH is 1. The highest BCUT2D eigenvalue weighted by Gasteiger charge is 2.46. The van der Waals surface area contributed by atoms with E-state index >= 15 is 0 Å². The Balaban J connectivity index is 1.73. The van der Waals surface area contributed by atoms with E-state index in [2.05, 4.69) is 18.7 Å². The zero-order valence-electron chi connectivity index (χ0n) is 23.9. The molecule has 9 heteroatoms. The Morgan fingerprint density at radius 1 is 1.05 bits per heavy atom. The third kappa shape index (κ3) is 6.77. The largest absolute Gasteiger partial charge is 0.507 e. The second-order valence-electron chi connectivity index (χ2n) is 10.3. The first-order valence-corrected chi connectivity index (χ1v) is 14.0. The van der Waals surface area contributed by atoms with Crippen LogP contribution in [0, 0.1) is 5.92 Å². The second-order valence-corrected chi connectivity index (χ2v) is 10.3. The molecule has 2 aliphatic rings. The number of benzene rings is 2. The third-order valence-corrected chi connectivity index (χ3v) is 7.18. The summed E-state index contributed by atoms with van der Waals surface area (Å²) in [7, 11) is 1.56. The zero-order valence-corrected chi connectivity index (χ0v) is 23.9. The summed E-state index contributed by atoms with van der Waals surface area (Å²) in [6.07, 6.45) is 0.896. The molecule has 2 aliphatic heterocycles. The topological polar surface area (TPSA) is 97.8 Å². The van der Waals surface area contributed by atoms with Gasteiger partial charge in [-0.3, -0.25) is 14.5 Å². The van der Waals surface area contributed by atoms with Crippen LogP contribution >= 0.6 is 0 Å². The van der Waals surface area contributed by atoms with E-state index in [0.29, 0.717) is 73.8 Å². The Morgan fingerprint density at radius 2 is 1.82 bits per heavy atom. The van der Waals surface area contributed by atoms with Gasteiger partial charge in [0.2, 0.25) is 0 Å². The molecule has 2 saturated heterocycles. The Labute approximate surface area is 236 Å². The van der Waals surface area contributed by atoms with E-state index in [-0.39, 0.29) is 11.3 Å². The number of ketones is 1. The average Bonchev–Trinajstić information content (AvgIpc) is 3.21. The molecule has 1 atom stereocenters. The molecule has 40 heavy (non-hydrogen) atoms. The molecular formula is C31H40N2O7. The lowest BCUT2D eigenvalue weighted by Gasteiger charge is -2.31. The van der Waals surface area contributed by atoms with E-state index in [1.807, 2.05) is 13.0 Å². The Bertz CT molecular complexity index is 1220. The summed E-state index contributed by atoms with van der Waals surface area (Å²) < 4.78 is 22.6. The summed E-state index contributed by atoms with van der Waals surface area (Å²) in [5.41, 5.74) is 1.09. The normalized spacial score (nSPS) is 19.3. The minimum Gasteiger partial charge on any atom is -0.507 e. The number of amides is 1. The van der Waals surface area contributed by atoms with Crippen LogP contribution in [-0.2, 0) is 14.3 Å². The number of carbonyl (C=O) groups excluding carboxylic acids is 2. The molecule has 1 unspecified atom stereocenters. The predicted molar refractivity (Wildman–Crippen MR) is 152 cm³/mol. The van der Waals surface area contributed by atoms with Crippen LogP contribution in [0.25, 0.3) is 5.76 Å². The van der Waals surface area contributed by atoms with Gasteiger partial charge in [0.05, 0.1) is 45.2 Å². The molecule has 2 heterocycles. The summed E-state index contributed by atoms with van der Waals surface area (Å²) >= 11 is 0. The molecule has 0 aliphatic carbocycles. The number of aliphatic hydroxyl groups is 1. The van der Waals surface area contributed by atoms with Gasteiger partial charge in [-0.1, -0.05) is 32.0 Å². The first-order chi connectivity index (χ1) is 19.3. The van der Waals surface area contributed by atoms with Crippen molar-refractivity contribution in [1.82, 2.24) is 9.80 Å². The monoisotopic (exact) mass is 552 g/mol. The molecule has 1 amide bonds. The lowest BCUT2D eigenvalue weighted by atomic mass is 9.95. The summed E-state index contributed by atoms with van der Waals surface area (Å²) in [5, 5.41) is 11.5. The third-order valence-electron chi connectivity index (χ3n) is 7.18. The lowest BCUT2D eigenvalue weighted by molar-refractivity contribution is -0.140. The van der Waals surface area contributed by atoms with Crippen LogP contribution in [0.4, 0.5) is 0 Å². The molecule has 1 N–H and O–H groups in total. The van der Waals surface area contributed by atoms with Crippen molar-refractivity contribution in [3.63, 3.8) is 0 Å². The number of hydrogen-bond donors (Lipinski definition) is 1. The highest BCUT2D eigenvalue weighted by atomic mass is 16.5. The molecule has 0 bridgehead atoms. The van der Waals surface area contributed by atoms with Gasteiger partial charge in [0.15, 0.2) is 11.5 Å². The first-order valence-electron chi connectivity index (χ1n) is 14.0. The number of Topliss-reactive ketones (excluding diaryl/α,β-unsaturated/α-hetero) is 1. The van der Waals surface area contributed by atoms with Crippen molar-refractivity contribution in [1.29, 1.82) is 0 Å². The zero-order chi connectivity index (χ0) is 28.6. The van der Waals surface area contributed by atoms with Crippen molar-refractivity contribution in [3.05, 3.63) is 59.2 Å². The number of likely N-dealkylation sites (tertiary alicyclic amines) is 1. The van der Waals surface area contributed by atoms with E-state index in [4.69, 9.17) is 18.9 Å². The van der Waals surface area contributed by atoms with Crippen LogP contribution in [0.5, 0.6) is 17.2 Å². The smallest absolute Gasteiger partial charge is 0.295 e. The minimum absolute atomic E-state index is 0.0381. The van der Waals surface area contributed by atoms with Crippen molar-refractivity contribution in [2.24, 2.45) is 5.92 Å². The van der Waals surface area contributed by atoms with E-state index in [0.717, 1.165) is 19.5 Å². The average molecular weight is 553 g/mol. The van der Waals surface area contributed by atoms with Gasteiger partial charge >= 0.3 is 0 Å². The fourth-order valence-corrected chi connectivity index (χ4v) is 4.96. The van der Waals surface area contributed by atoms with Crippen LogP contribution < -0.4 is 14.2 Å². The van der Waals surface area contributed by atoms with Gasteiger partial charge in [0, 0.05) is 31.7 Å². The molecule has 0 saturated carbocycles. The summed E-state index contributed by atoms with van der Waals surface area (Å²) in [6, 6.07) is 11.5. The quantitative estimate of drug-likeness (QED) is 0.237. The molecule has 9 nitrogen and oxygen atoms in total. The van der Waals surface area contributed by atoms with Gasteiger partial charge in [-0.25, -0.2) is 0 Å². The number of hydrogen-bond acceptors (Lipinski definition) is 8. The van der Waals surface area contributed by atoms with E-state index in [1.165, 1.54) is 0 Å². The molecule has 0 radical (unpaired) electrons. The number of morpholine rings is 1. The lowest BCUT2D eigenvalue weighted by Crippen LogP contribution is -2.42. The fourth-order valence-electron chi connectivity index (χ4n) is 4.96. The minimum atomic E-state index is -0.796. The highest BCUT2D eigenvalue weighted by molar-refractivity contribution is 6.46. The number of methoxy groups -OCH3 is 1.